The van der Waals surface area contributed by atoms with E-state index in [0.29, 0.717) is 12.2 Å². The maximum atomic E-state index is 12.7. The molecule has 142 valence electrons. The second-order valence-corrected chi connectivity index (χ2v) is 9.00. The number of anilines is 1. The Labute approximate surface area is 157 Å². The molecule has 2 aromatic rings. The number of nitrogens with zero attached hydrogens (tertiary/aromatic N) is 2. The fourth-order valence-corrected chi connectivity index (χ4v) is 4.52. The van der Waals surface area contributed by atoms with E-state index in [0.717, 1.165) is 16.9 Å². The smallest absolute Gasteiger partial charge is 0.270 e. The van der Waals surface area contributed by atoms with Gasteiger partial charge in [-0.25, -0.2) is 13.1 Å². The predicted molar refractivity (Wildman–Crippen MR) is 99.7 cm³/mol. The number of nitrogens with one attached hydrogen (secondary N) is 2. The number of hydrogen-bond acceptors (Lipinski definition) is 7. The van der Waals surface area contributed by atoms with Gasteiger partial charge in [-0.3, -0.25) is 4.79 Å². The number of carbonyl (C=O) groups excluding carboxylic acids is 1. The van der Waals surface area contributed by atoms with Crippen molar-refractivity contribution in [1.82, 2.24) is 14.9 Å². The van der Waals surface area contributed by atoms with E-state index in [4.69, 9.17) is 4.74 Å². The quantitative estimate of drug-likeness (QED) is 0.661. The molecule has 1 amide bonds. The van der Waals surface area contributed by atoms with Crippen LogP contribution in [0.3, 0.4) is 0 Å². The fourth-order valence-electron chi connectivity index (χ4n) is 2.32. The van der Waals surface area contributed by atoms with Crippen molar-refractivity contribution >= 4 is 32.4 Å². The number of rotatable bonds is 8. The number of benzene rings is 1. The summed E-state index contributed by atoms with van der Waals surface area (Å²) in [7, 11) is -2.30. The summed E-state index contributed by atoms with van der Waals surface area (Å²) < 4.78 is 33.0. The van der Waals surface area contributed by atoms with Gasteiger partial charge in [-0.1, -0.05) is 37.3 Å². The highest BCUT2D eigenvalue weighted by atomic mass is 32.2. The summed E-state index contributed by atoms with van der Waals surface area (Å²) in [6.07, 6.45) is 0.614. The molecule has 0 unspecified atom stereocenters. The molecule has 0 fully saturated rings. The average Bonchev–Trinajstić information content (AvgIpc) is 3.02. The first-order valence-corrected chi connectivity index (χ1v) is 10.3. The van der Waals surface area contributed by atoms with Crippen LogP contribution in [0.5, 0.6) is 5.75 Å². The Balaban J connectivity index is 2.25. The maximum Gasteiger partial charge on any atom is 0.270 e. The third-order valence-corrected chi connectivity index (χ3v) is 6.12. The fraction of sp³-hybridized carbons (Fsp3) is 0.438. The molecule has 0 aliphatic rings. The van der Waals surface area contributed by atoms with Crippen molar-refractivity contribution in [2.24, 2.45) is 5.92 Å². The normalized spacial score (nSPS) is 12.8. The topological polar surface area (TPSA) is 110 Å². The second kappa shape index (κ2) is 8.56. The van der Waals surface area contributed by atoms with Gasteiger partial charge in [0.1, 0.15) is 5.75 Å². The minimum atomic E-state index is -3.87. The number of methoxy groups -OCH3 is 1. The highest BCUT2D eigenvalue weighted by molar-refractivity contribution is 7.91. The van der Waals surface area contributed by atoms with Crippen molar-refractivity contribution in [2.45, 2.75) is 37.6 Å². The lowest BCUT2D eigenvalue weighted by Crippen LogP contribution is -2.29. The van der Waals surface area contributed by atoms with E-state index in [1.165, 1.54) is 6.92 Å². The molecule has 0 aliphatic heterocycles. The summed E-state index contributed by atoms with van der Waals surface area (Å²) in [4.78, 5) is 11.1. The summed E-state index contributed by atoms with van der Waals surface area (Å²) in [6, 6.07) is 6.82. The summed E-state index contributed by atoms with van der Waals surface area (Å²) in [5.41, 5.74) is 0.828. The minimum absolute atomic E-state index is 0.141. The molecular formula is C16H22N4O4S2. The molecule has 2 rings (SSSR count). The number of carbonyl (C=O) groups is 1. The third-order valence-electron chi connectivity index (χ3n) is 3.44. The van der Waals surface area contributed by atoms with Crippen molar-refractivity contribution in [2.75, 3.05) is 12.4 Å². The Hall–Kier alpha value is -2.04. The lowest BCUT2D eigenvalue weighted by molar-refractivity contribution is -0.114. The van der Waals surface area contributed by atoms with E-state index in [-0.39, 0.29) is 21.3 Å². The van der Waals surface area contributed by atoms with Crippen LogP contribution in [0.2, 0.25) is 0 Å². The van der Waals surface area contributed by atoms with Crippen LogP contribution in [-0.2, 0) is 14.8 Å². The molecule has 8 nitrogen and oxygen atoms in total. The van der Waals surface area contributed by atoms with Crippen molar-refractivity contribution < 1.29 is 17.9 Å². The van der Waals surface area contributed by atoms with Crippen LogP contribution in [0.4, 0.5) is 5.13 Å². The van der Waals surface area contributed by atoms with Crippen LogP contribution in [0.1, 0.15) is 38.8 Å². The molecule has 1 aromatic heterocycles. The first-order valence-electron chi connectivity index (χ1n) is 7.98. The van der Waals surface area contributed by atoms with E-state index < -0.39 is 16.1 Å². The Morgan fingerprint density at radius 3 is 2.42 bits per heavy atom. The van der Waals surface area contributed by atoms with Crippen molar-refractivity contribution in [3.63, 3.8) is 0 Å². The zero-order valence-electron chi connectivity index (χ0n) is 15.0. The van der Waals surface area contributed by atoms with Gasteiger partial charge in [0, 0.05) is 13.0 Å². The molecule has 10 heteroatoms. The van der Waals surface area contributed by atoms with Gasteiger partial charge in [0.05, 0.1) is 7.11 Å². The van der Waals surface area contributed by atoms with E-state index in [1.54, 1.807) is 19.2 Å². The Kier molecular flexibility index (Phi) is 6.68. The van der Waals surface area contributed by atoms with Gasteiger partial charge in [0.25, 0.3) is 10.0 Å². The highest BCUT2D eigenvalue weighted by Gasteiger charge is 2.26. The van der Waals surface area contributed by atoms with Crippen LogP contribution in [-0.4, -0.2) is 31.6 Å². The molecule has 0 bridgehead atoms. The van der Waals surface area contributed by atoms with Gasteiger partial charge < -0.3 is 10.1 Å². The number of amides is 1. The van der Waals surface area contributed by atoms with E-state index in [1.807, 2.05) is 26.0 Å². The van der Waals surface area contributed by atoms with Crippen molar-refractivity contribution in [3.05, 3.63) is 29.8 Å². The molecule has 0 saturated carbocycles. The molecule has 26 heavy (non-hydrogen) atoms. The van der Waals surface area contributed by atoms with E-state index >= 15 is 0 Å². The number of hydrogen-bond donors (Lipinski definition) is 2. The zero-order valence-corrected chi connectivity index (χ0v) is 16.6. The molecular weight excluding hydrogens is 376 g/mol. The lowest BCUT2D eigenvalue weighted by atomic mass is 9.98. The van der Waals surface area contributed by atoms with Gasteiger partial charge in [-0.15, -0.1) is 10.2 Å². The number of aromatic nitrogens is 2. The van der Waals surface area contributed by atoms with Crippen LogP contribution < -0.4 is 14.8 Å². The molecule has 1 heterocycles. The third kappa shape index (κ3) is 5.48. The van der Waals surface area contributed by atoms with Gasteiger partial charge in [-0.2, -0.15) is 0 Å². The minimum Gasteiger partial charge on any atom is -0.497 e. The van der Waals surface area contributed by atoms with Crippen molar-refractivity contribution in [1.29, 1.82) is 0 Å². The van der Waals surface area contributed by atoms with Crippen molar-refractivity contribution in [3.8, 4) is 5.75 Å². The van der Waals surface area contributed by atoms with Crippen LogP contribution in [0, 0.1) is 5.92 Å². The summed E-state index contributed by atoms with van der Waals surface area (Å²) in [6.45, 7) is 5.35. The largest absolute Gasteiger partial charge is 0.497 e. The second-order valence-electron chi connectivity index (χ2n) is 6.13. The molecule has 1 atom stereocenters. The lowest BCUT2D eigenvalue weighted by Gasteiger charge is -2.20. The molecule has 0 aliphatic carbocycles. The number of ether oxygens (including phenoxy) is 1. The van der Waals surface area contributed by atoms with E-state index in [9.17, 15) is 13.2 Å². The first-order chi connectivity index (χ1) is 12.2. The monoisotopic (exact) mass is 398 g/mol. The van der Waals surface area contributed by atoms with E-state index in [2.05, 4.69) is 20.2 Å². The maximum absolute atomic E-state index is 12.7. The summed E-state index contributed by atoms with van der Waals surface area (Å²) in [5, 5.41) is 9.93. The van der Waals surface area contributed by atoms with Gasteiger partial charge in [0.2, 0.25) is 15.4 Å². The molecule has 2 N–H and O–H groups in total. The van der Waals surface area contributed by atoms with Crippen LogP contribution in [0.15, 0.2) is 28.6 Å². The molecule has 0 saturated heterocycles. The van der Waals surface area contributed by atoms with Gasteiger partial charge in [-0.05, 0) is 30.0 Å². The zero-order chi connectivity index (χ0) is 19.3. The Morgan fingerprint density at radius 1 is 1.23 bits per heavy atom. The molecule has 0 spiro atoms. The standard InChI is InChI=1S/C16H22N4O4S2/c1-10(2)9-14(12-5-7-13(24-4)8-6-12)20-26(22,23)16-19-18-15(25-16)17-11(3)21/h5-8,10,14,20H,9H2,1-4H3,(H,17,18,21)/t14-/m1/s1. The molecule has 0 radical (unpaired) electrons. The predicted octanol–water partition coefficient (Wildman–Crippen LogP) is 2.57. The Morgan fingerprint density at radius 2 is 1.88 bits per heavy atom. The summed E-state index contributed by atoms with van der Waals surface area (Å²) in [5.74, 6) is 0.632. The van der Waals surface area contributed by atoms with Crippen LogP contribution >= 0.6 is 11.3 Å². The molecule has 1 aromatic carbocycles. The van der Waals surface area contributed by atoms with Gasteiger partial charge in [0.15, 0.2) is 0 Å². The summed E-state index contributed by atoms with van der Waals surface area (Å²) >= 11 is 0.806. The van der Waals surface area contributed by atoms with Crippen LogP contribution in [0.25, 0.3) is 0 Å². The number of sulfonamides is 1. The first kappa shape index (κ1) is 20.3. The highest BCUT2D eigenvalue weighted by Crippen LogP contribution is 2.27. The Bertz CT molecular complexity index is 847. The van der Waals surface area contributed by atoms with Gasteiger partial charge >= 0.3 is 0 Å². The SMILES string of the molecule is COc1ccc([C@@H](CC(C)C)NS(=O)(=O)c2nnc(NC(C)=O)s2)cc1. The average molecular weight is 399 g/mol.